The van der Waals surface area contributed by atoms with Gasteiger partial charge >= 0.3 is 0 Å². The molecule has 0 saturated heterocycles. The van der Waals surface area contributed by atoms with Gasteiger partial charge < -0.3 is 4.57 Å². The molecule has 6 aromatic carbocycles. The third-order valence-electron chi connectivity index (χ3n) is 6.98. The molecule has 0 N–H and O–H groups in total. The summed E-state index contributed by atoms with van der Waals surface area (Å²) in [7, 11) is 0. The van der Waals surface area contributed by atoms with Gasteiger partial charge in [0.15, 0.2) is 0 Å². The zero-order chi connectivity index (χ0) is 24.1. The second-order valence-electron chi connectivity index (χ2n) is 9.24. The summed E-state index contributed by atoms with van der Waals surface area (Å²) in [5.41, 5.74) is 6.06. The normalized spacial score (nSPS) is 11.9. The molecule has 0 aliphatic rings. The van der Waals surface area contributed by atoms with Crippen molar-refractivity contribution in [3.05, 3.63) is 137 Å². The average Bonchev–Trinajstić information content (AvgIpc) is 3.26. The zero-order valence-electron chi connectivity index (χ0n) is 19.5. The Bertz CT molecular complexity index is 1900. The minimum Gasteiger partial charge on any atom is -0.309 e. The van der Waals surface area contributed by atoms with Crippen molar-refractivity contribution in [3.63, 3.8) is 0 Å². The van der Waals surface area contributed by atoms with Crippen LogP contribution in [0.3, 0.4) is 0 Å². The number of hydrogen-bond acceptors (Lipinski definition) is 0. The quantitative estimate of drug-likeness (QED) is 0.203. The molecule has 2 heteroatoms. The molecule has 1 nitrogen and oxygen atoms in total. The van der Waals surface area contributed by atoms with Gasteiger partial charge in [0.1, 0.15) is 0 Å². The van der Waals surface area contributed by atoms with Crippen molar-refractivity contribution in [2.45, 2.75) is 0 Å². The molecule has 170 valence electrons. The van der Waals surface area contributed by atoms with Gasteiger partial charge in [0, 0.05) is 20.9 Å². The van der Waals surface area contributed by atoms with E-state index in [-0.39, 0.29) is 0 Å². The molecule has 1 heterocycles. The van der Waals surface area contributed by atoms with E-state index >= 15 is 0 Å². The summed E-state index contributed by atoms with van der Waals surface area (Å²) in [5, 5.41) is 7.54. The fourth-order valence-corrected chi connectivity index (χ4v) is 5.61. The molecule has 0 bridgehead atoms. The number of rotatable bonds is 3. The number of fused-ring (bicyclic) bond motifs is 5. The average molecular weight is 524 g/mol. The van der Waals surface area contributed by atoms with E-state index in [1.54, 1.807) is 0 Å². The first-order chi connectivity index (χ1) is 17.7. The molecule has 7 aromatic rings. The standard InChI is InChI=1S/C34H22BrN/c35-29-17-15-25-19-23(11-13-27(25)21-29)9-10-24-12-14-28-22-30(18-16-26(28)20-24)36-33-7-3-1-5-31(33)32-6-2-4-8-34(32)36/h1-22H. The van der Waals surface area contributed by atoms with Gasteiger partial charge in [-0.1, -0.05) is 101 Å². The lowest BCUT2D eigenvalue weighted by molar-refractivity contribution is 1.19. The molecule has 0 aliphatic carbocycles. The van der Waals surface area contributed by atoms with Crippen LogP contribution in [0.25, 0.3) is 61.2 Å². The molecular weight excluding hydrogens is 502 g/mol. The van der Waals surface area contributed by atoms with Gasteiger partial charge in [0.05, 0.1) is 11.0 Å². The number of halogens is 1. The monoisotopic (exact) mass is 523 g/mol. The SMILES string of the molecule is Brc1ccc2cc(C=Cc3ccc4cc(-n5c6ccccc6c6ccccc65)ccc4c3)ccc2c1. The predicted octanol–water partition coefficient (Wildman–Crippen LogP) is 10.0. The molecule has 1 aromatic heterocycles. The lowest BCUT2D eigenvalue weighted by Crippen LogP contribution is -1.93. The summed E-state index contributed by atoms with van der Waals surface area (Å²) in [4.78, 5) is 0. The van der Waals surface area contributed by atoms with Crippen molar-refractivity contribution in [2.75, 3.05) is 0 Å². The number of para-hydroxylation sites is 2. The second kappa shape index (κ2) is 8.51. The van der Waals surface area contributed by atoms with Crippen molar-refractivity contribution >= 4 is 71.4 Å². The third kappa shape index (κ3) is 3.62. The summed E-state index contributed by atoms with van der Waals surface area (Å²) < 4.78 is 3.48. The van der Waals surface area contributed by atoms with E-state index in [0.717, 1.165) is 4.47 Å². The maximum Gasteiger partial charge on any atom is 0.0541 e. The Labute approximate surface area is 218 Å². The van der Waals surface area contributed by atoms with Gasteiger partial charge in [-0.15, -0.1) is 0 Å². The molecule has 0 amide bonds. The number of nitrogens with zero attached hydrogens (tertiary/aromatic N) is 1. The first kappa shape index (κ1) is 21.2. The van der Waals surface area contributed by atoms with Crippen LogP contribution in [-0.4, -0.2) is 4.57 Å². The van der Waals surface area contributed by atoms with E-state index in [9.17, 15) is 0 Å². The van der Waals surface area contributed by atoms with Crippen LogP contribution < -0.4 is 0 Å². The van der Waals surface area contributed by atoms with Crippen LogP contribution >= 0.6 is 15.9 Å². The van der Waals surface area contributed by atoms with Gasteiger partial charge in [0.25, 0.3) is 0 Å². The highest BCUT2D eigenvalue weighted by Gasteiger charge is 2.11. The second-order valence-corrected chi connectivity index (χ2v) is 10.2. The van der Waals surface area contributed by atoms with Gasteiger partial charge in [-0.3, -0.25) is 0 Å². The van der Waals surface area contributed by atoms with E-state index in [1.807, 2.05) is 0 Å². The fourth-order valence-electron chi connectivity index (χ4n) is 5.23. The Hall–Kier alpha value is -4.14. The molecule has 0 spiro atoms. The minimum absolute atomic E-state index is 1.11. The van der Waals surface area contributed by atoms with Crippen LogP contribution in [0.1, 0.15) is 11.1 Å². The third-order valence-corrected chi connectivity index (χ3v) is 7.47. The van der Waals surface area contributed by atoms with Crippen LogP contribution in [-0.2, 0) is 0 Å². The molecule has 0 unspecified atom stereocenters. The molecule has 0 fully saturated rings. The summed E-state index contributed by atoms with van der Waals surface area (Å²) in [6.07, 6.45) is 4.38. The van der Waals surface area contributed by atoms with E-state index in [1.165, 1.54) is 60.2 Å². The minimum atomic E-state index is 1.11. The lowest BCUT2D eigenvalue weighted by Gasteiger charge is -2.10. The van der Waals surface area contributed by atoms with E-state index < -0.39 is 0 Å². The molecule has 0 radical (unpaired) electrons. The van der Waals surface area contributed by atoms with Crippen molar-refractivity contribution in [1.29, 1.82) is 0 Å². The number of aromatic nitrogens is 1. The van der Waals surface area contributed by atoms with E-state index in [2.05, 4.69) is 154 Å². The van der Waals surface area contributed by atoms with Gasteiger partial charge in [0.2, 0.25) is 0 Å². The summed E-state index contributed by atoms with van der Waals surface area (Å²) in [5.74, 6) is 0. The molecule has 0 atom stereocenters. The fraction of sp³-hybridized carbons (Fsp3) is 0. The number of benzene rings is 6. The van der Waals surface area contributed by atoms with Crippen molar-refractivity contribution < 1.29 is 0 Å². The van der Waals surface area contributed by atoms with E-state index in [0.29, 0.717) is 0 Å². The smallest absolute Gasteiger partial charge is 0.0541 e. The lowest BCUT2D eigenvalue weighted by atomic mass is 10.0. The Balaban J connectivity index is 1.26. The first-order valence-corrected chi connectivity index (χ1v) is 12.9. The molecule has 7 rings (SSSR count). The highest BCUT2D eigenvalue weighted by atomic mass is 79.9. The van der Waals surface area contributed by atoms with Gasteiger partial charge in [-0.05, 0) is 81.2 Å². The Kier molecular flexibility index (Phi) is 5.00. The van der Waals surface area contributed by atoms with Crippen molar-refractivity contribution in [2.24, 2.45) is 0 Å². The van der Waals surface area contributed by atoms with Gasteiger partial charge in [-0.2, -0.15) is 0 Å². The van der Waals surface area contributed by atoms with Crippen LogP contribution in [0.5, 0.6) is 0 Å². The summed E-state index contributed by atoms with van der Waals surface area (Å²) >= 11 is 3.55. The van der Waals surface area contributed by atoms with Crippen molar-refractivity contribution in [1.82, 2.24) is 4.57 Å². The summed E-state index contributed by atoms with van der Waals surface area (Å²) in [6.45, 7) is 0. The summed E-state index contributed by atoms with van der Waals surface area (Å²) in [6, 6.07) is 43.7. The van der Waals surface area contributed by atoms with Crippen LogP contribution in [0.15, 0.2) is 126 Å². The van der Waals surface area contributed by atoms with E-state index in [4.69, 9.17) is 0 Å². The first-order valence-electron chi connectivity index (χ1n) is 12.1. The maximum absolute atomic E-state index is 3.55. The van der Waals surface area contributed by atoms with Crippen LogP contribution in [0.4, 0.5) is 0 Å². The molecular formula is C34H22BrN. The predicted molar refractivity (Wildman–Crippen MR) is 159 cm³/mol. The molecule has 0 aliphatic heterocycles. The zero-order valence-corrected chi connectivity index (χ0v) is 21.1. The van der Waals surface area contributed by atoms with Crippen molar-refractivity contribution in [3.8, 4) is 5.69 Å². The molecule has 36 heavy (non-hydrogen) atoms. The topological polar surface area (TPSA) is 4.93 Å². The molecule has 0 saturated carbocycles. The van der Waals surface area contributed by atoms with Crippen LogP contribution in [0.2, 0.25) is 0 Å². The number of hydrogen-bond donors (Lipinski definition) is 0. The highest BCUT2D eigenvalue weighted by molar-refractivity contribution is 9.10. The Morgan fingerprint density at radius 2 is 0.972 bits per heavy atom. The van der Waals surface area contributed by atoms with Gasteiger partial charge in [-0.25, -0.2) is 0 Å². The Morgan fingerprint density at radius 1 is 0.472 bits per heavy atom. The Morgan fingerprint density at radius 3 is 1.61 bits per heavy atom. The largest absolute Gasteiger partial charge is 0.309 e. The van der Waals surface area contributed by atoms with Crippen LogP contribution in [0, 0.1) is 0 Å². The maximum atomic E-state index is 3.55. The highest BCUT2D eigenvalue weighted by Crippen LogP contribution is 2.33.